The number of carbonyl (C=O) groups excluding carboxylic acids is 4. The first-order valence-corrected chi connectivity index (χ1v) is 20.2. The summed E-state index contributed by atoms with van der Waals surface area (Å²) in [6.45, 7) is -0.224. The maximum atomic E-state index is 14.4. The molecule has 55 heavy (non-hydrogen) atoms. The summed E-state index contributed by atoms with van der Waals surface area (Å²) in [5.41, 5.74) is -1.14. The number of nitrogens with one attached hydrogen (secondary N) is 3. The summed E-state index contributed by atoms with van der Waals surface area (Å²) in [4.78, 5) is 58.3. The number of rotatable bonds is 7. The maximum absolute atomic E-state index is 14.4. The summed E-state index contributed by atoms with van der Waals surface area (Å²) in [5.74, 6) is -3.12. The SMILES string of the molecule is O=C1N[C@]2(C(=O)NS(=O)(=O)C3CC3)C[C@H]2/C=C/CCCCC[C@H](NCc2cccc(C(F)(F)F)c2)C(=O)N2C[C@H](OC(=O)N3Cc4cccc(F)c4C3)C[C@@H]12. The fourth-order valence-corrected chi connectivity index (χ4v) is 9.09. The Bertz CT molecular complexity index is 1990. The molecule has 296 valence electrons. The van der Waals surface area contributed by atoms with Crippen LogP contribution >= 0.6 is 0 Å². The zero-order chi connectivity index (χ0) is 39.1. The number of hydrogen-bond acceptors (Lipinski definition) is 8. The number of amides is 4. The van der Waals surface area contributed by atoms with Gasteiger partial charge >= 0.3 is 12.3 Å². The predicted octanol–water partition coefficient (Wildman–Crippen LogP) is 4.43. The molecule has 5 atom stereocenters. The Labute approximate surface area is 316 Å². The maximum Gasteiger partial charge on any atom is 0.416 e. The molecule has 2 aromatic carbocycles. The van der Waals surface area contributed by atoms with Crippen LogP contribution in [0, 0.1) is 11.7 Å². The molecule has 7 rings (SSSR count). The molecular weight excluding hydrogens is 747 g/mol. The van der Waals surface area contributed by atoms with Gasteiger partial charge in [0.25, 0.3) is 5.91 Å². The van der Waals surface area contributed by atoms with E-state index < -0.39 is 86.3 Å². The quantitative estimate of drug-likeness (QED) is 0.275. The minimum Gasteiger partial charge on any atom is -0.444 e. The van der Waals surface area contributed by atoms with E-state index in [1.54, 1.807) is 18.2 Å². The molecule has 0 aromatic heterocycles. The number of ether oxygens (including phenoxy) is 1. The third kappa shape index (κ3) is 8.52. The van der Waals surface area contributed by atoms with Crippen molar-refractivity contribution in [1.82, 2.24) is 25.2 Å². The Morgan fingerprint density at radius 1 is 1.02 bits per heavy atom. The number of alkyl halides is 3. The first kappa shape index (κ1) is 38.8. The second-order valence-electron chi connectivity index (χ2n) is 15.1. The van der Waals surface area contributed by atoms with Crippen molar-refractivity contribution in [1.29, 1.82) is 0 Å². The average Bonchev–Trinajstić information content (AvgIpc) is 4.02. The molecule has 4 amide bonds. The largest absolute Gasteiger partial charge is 0.444 e. The molecule has 1 saturated heterocycles. The minimum atomic E-state index is -4.56. The molecule has 17 heteroatoms. The molecular formula is C38H43F4N5O7S. The van der Waals surface area contributed by atoms with Gasteiger partial charge in [0.05, 0.1) is 29.9 Å². The normalized spacial score (nSPS) is 27.9. The van der Waals surface area contributed by atoms with E-state index in [1.807, 2.05) is 6.08 Å². The number of fused-ring (bicyclic) bond motifs is 3. The van der Waals surface area contributed by atoms with Crippen LogP contribution in [0.3, 0.4) is 0 Å². The van der Waals surface area contributed by atoms with E-state index in [1.165, 1.54) is 28.0 Å². The first-order chi connectivity index (χ1) is 26.1. The lowest BCUT2D eigenvalue weighted by molar-refractivity contribution is -0.141. The van der Waals surface area contributed by atoms with Crippen LogP contribution in [-0.4, -0.2) is 77.6 Å². The summed E-state index contributed by atoms with van der Waals surface area (Å²) in [5, 5.41) is 5.19. The first-order valence-electron chi connectivity index (χ1n) is 18.6. The summed E-state index contributed by atoms with van der Waals surface area (Å²) in [6.07, 6.45) is 1.11. The van der Waals surface area contributed by atoms with Gasteiger partial charge in [-0.3, -0.25) is 24.0 Å². The number of hydrogen-bond donors (Lipinski definition) is 3. The van der Waals surface area contributed by atoms with Gasteiger partial charge in [-0.2, -0.15) is 13.2 Å². The molecule has 2 aromatic rings. The summed E-state index contributed by atoms with van der Waals surface area (Å²) < 4.78 is 88.3. The summed E-state index contributed by atoms with van der Waals surface area (Å²) >= 11 is 0. The zero-order valence-corrected chi connectivity index (χ0v) is 30.8. The zero-order valence-electron chi connectivity index (χ0n) is 29.9. The number of halogens is 4. The number of nitrogens with zero attached hydrogens (tertiary/aromatic N) is 2. The Morgan fingerprint density at radius 2 is 1.80 bits per heavy atom. The lowest BCUT2D eigenvalue weighted by Crippen LogP contribution is -2.58. The second kappa shape index (κ2) is 15.2. The minimum absolute atomic E-state index is 0.0298. The lowest BCUT2D eigenvalue weighted by Gasteiger charge is -2.30. The molecule has 3 aliphatic heterocycles. The van der Waals surface area contributed by atoms with Crippen LogP contribution in [0.15, 0.2) is 54.6 Å². The Kier molecular flexibility index (Phi) is 10.7. The predicted molar refractivity (Wildman–Crippen MR) is 189 cm³/mol. The number of carbonyl (C=O) groups is 4. The molecule has 0 spiro atoms. The lowest BCUT2D eigenvalue weighted by atomic mass is 10.0. The van der Waals surface area contributed by atoms with Crippen LogP contribution in [0.2, 0.25) is 0 Å². The van der Waals surface area contributed by atoms with Crippen LogP contribution in [0.5, 0.6) is 0 Å². The van der Waals surface area contributed by atoms with Crippen molar-refractivity contribution in [3.8, 4) is 0 Å². The highest BCUT2D eigenvalue weighted by Gasteiger charge is 2.62. The number of allylic oxidation sites excluding steroid dienone is 1. The fourth-order valence-electron chi connectivity index (χ4n) is 7.73. The average molecular weight is 790 g/mol. The molecule has 5 aliphatic rings. The van der Waals surface area contributed by atoms with Gasteiger partial charge in [0.2, 0.25) is 21.8 Å². The van der Waals surface area contributed by atoms with Crippen molar-refractivity contribution < 1.29 is 49.9 Å². The second-order valence-corrected chi connectivity index (χ2v) is 17.1. The summed E-state index contributed by atoms with van der Waals surface area (Å²) in [6, 6.07) is 7.10. The van der Waals surface area contributed by atoms with Crippen molar-refractivity contribution in [2.45, 2.75) is 113 Å². The van der Waals surface area contributed by atoms with E-state index in [2.05, 4.69) is 15.4 Å². The van der Waals surface area contributed by atoms with Crippen LogP contribution in [0.25, 0.3) is 0 Å². The molecule has 0 radical (unpaired) electrons. The molecule has 3 fully saturated rings. The van der Waals surface area contributed by atoms with Gasteiger partial charge in [-0.05, 0) is 61.8 Å². The molecule has 3 heterocycles. The van der Waals surface area contributed by atoms with Crippen LogP contribution in [0.4, 0.5) is 22.4 Å². The fraction of sp³-hybridized carbons (Fsp3) is 0.526. The van der Waals surface area contributed by atoms with Crippen LogP contribution < -0.4 is 15.4 Å². The van der Waals surface area contributed by atoms with Gasteiger partial charge in [-0.1, -0.05) is 55.3 Å². The van der Waals surface area contributed by atoms with Gasteiger partial charge < -0.3 is 20.3 Å². The molecule has 2 aliphatic carbocycles. The van der Waals surface area contributed by atoms with Crippen molar-refractivity contribution in [2.24, 2.45) is 5.92 Å². The standard InChI is InChI=1S/C38H43F4N5O7S/c39-30-12-7-9-24-20-46(22-29(24)30)36(51)54-27-17-32-33(48)44-37(35(50)45-55(52,53)28-14-15-28)18-26(37)10-4-2-1-3-5-13-31(34(49)47(32)21-27)43-19-23-8-6-11-25(16-23)38(40,41)42/h4,6-12,16,26-28,31-32,43H,1-3,5,13-15,17-22H2,(H,44,48)(H,45,50)/b10-4+/t26-,27-,31+,32+,37-/m1/s1. The molecule has 3 N–H and O–H groups in total. The van der Waals surface area contributed by atoms with E-state index in [0.29, 0.717) is 55.2 Å². The van der Waals surface area contributed by atoms with Crippen molar-refractivity contribution in [3.63, 3.8) is 0 Å². The van der Waals surface area contributed by atoms with E-state index in [4.69, 9.17) is 4.74 Å². The Morgan fingerprint density at radius 3 is 2.55 bits per heavy atom. The van der Waals surface area contributed by atoms with Crippen molar-refractivity contribution in [3.05, 3.63) is 82.7 Å². The molecule has 2 saturated carbocycles. The third-order valence-corrected chi connectivity index (χ3v) is 12.9. The highest BCUT2D eigenvalue weighted by Crippen LogP contribution is 2.46. The van der Waals surface area contributed by atoms with Crippen LogP contribution in [0.1, 0.15) is 80.0 Å². The van der Waals surface area contributed by atoms with Gasteiger partial charge in [0.1, 0.15) is 23.5 Å². The van der Waals surface area contributed by atoms with E-state index in [-0.39, 0.29) is 39.0 Å². The smallest absolute Gasteiger partial charge is 0.416 e. The van der Waals surface area contributed by atoms with Gasteiger partial charge in [-0.15, -0.1) is 0 Å². The number of benzene rings is 2. The van der Waals surface area contributed by atoms with Gasteiger partial charge in [-0.25, -0.2) is 17.6 Å². The topological polar surface area (TPSA) is 154 Å². The Hall–Kier alpha value is -4.51. The van der Waals surface area contributed by atoms with Crippen LogP contribution in [-0.2, 0) is 55.0 Å². The number of sulfonamides is 1. The molecule has 12 nitrogen and oxygen atoms in total. The van der Waals surface area contributed by atoms with E-state index in [0.717, 1.165) is 18.6 Å². The summed E-state index contributed by atoms with van der Waals surface area (Å²) in [7, 11) is -3.95. The molecule has 0 unspecified atom stereocenters. The molecule has 0 bridgehead atoms. The third-order valence-electron chi connectivity index (χ3n) is 11.1. The van der Waals surface area contributed by atoms with E-state index in [9.17, 15) is 45.2 Å². The monoisotopic (exact) mass is 789 g/mol. The Balaban J connectivity index is 1.14. The van der Waals surface area contributed by atoms with Gasteiger partial charge in [0.15, 0.2) is 0 Å². The van der Waals surface area contributed by atoms with Gasteiger partial charge in [0, 0.05) is 31.0 Å². The van der Waals surface area contributed by atoms with Crippen molar-refractivity contribution >= 4 is 33.8 Å². The van der Waals surface area contributed by atoms with Crippen molar-refractivity contribution in [2.75, 3.05) is 6.54 Å². The highest BCUT2D eigenvalue weighted by atomic mass is 32.2. The highest BCUT2D eigenvalue weighted by molar-refractivity contribution is 7.91. The van der Waals surface area contributed by atoms with E-state index >= 15 is 0 Å².